The normalized spacial score (nSPS) is 15.2. The van der Waals surface area contributed by atoms with Crippen molar-refractivity contribution in [3.05, 3.63) is 70.6 Å². The van der Waals surface area contributed by atoms with Crippen molar-refractivity contribution >= 4 is 17.5 Å². The minimum Gasteiger partial charge on any atom is -0.351 e. The molecule has 9 heteroatoms. The number of amides is 1. The quantitative estimate of drug-likeness (QED) is 0.645. The minimum atomic E-state index is -4.68. The summed E-state index contributed by atoms with van der Waals surface area (Å²) in [6.45, 7) is 0.300. The molecule has 1 aliphatic rings. The fourth-order valence-electron chi connectivity index (χ4n) is 3.12. The molecule has 2 aromatic carbocycles. The minimum absolute atomic E-state index is 0.0584. The third kappa shape index (κ3) is 3.98. The van der Waals surface area contributed by atoms with Crippen LogP contribution in [0.5, 0.6) is 0 Å². The maximum absolute atomic E-state index is 12.7. The van der Waals surface area contributed by atoms with Crippen LogP contribution in [0.15, 0.2) is 53.1 Å². The summed E-state index contributed by atoms with van der Waals surface area (Å²) < 4.78 is 41.9. The zero-order valence-corrected chi connectivity index (χ0v) is 15.7. The van der Waals surface area contributed by atoms with E-state index in [1.807, 2.05) is 12.1 Å². The second-order valence-electron chi connectivity index (χ2n) is 6.89. The molecule has 0 saturated heterocycles. The standard InChI is InChI=1S/C20H15ClF3N3O2/c21-15-7-5-14(6-8-15)19(9-10-19)17(28)25-11-12-1-3-13(4-2-12)16-26-18(29-27-16)20(22,23)24/h1-8H,9-11H2,(H,25,28). The summed E-state index contributed by atoms with van der Waals surface area (Å²) in [4.78, 5) is 16.0. The van der Waals surface area contributed by atoms with Gasteiger partial charge in [0.2, 0.25) is 11.7 Å². The summed E-state index contributed by atoms with van der Waals surface area (Å²) in [7, 11) is 0. The monoisotopic (exact) mass is 421 g/mol. The SMILES string of the molecule is O=C(NCc1ccc(-c2noc(C(F)(F)F)n2)cc1)C1(c2ccc(Cl)cc2)CC1. The van der Waals surface area contributed by atoms with Crippen LogP contribution in [-0.4, -0.2) is 16.0 Å². The maximum atomic E-state index is 12.7. The summed E-state index contributed by atoms with van der Waals surface area (Å²) in [6, 6.07) is 13.8. The Labute approximate surface area is 168 Å². The highest BCUT2D eigenvalue weighted by Crippen LogP contribution is 2.48. The Kier molecular flexibility index (Phi) is 4.82. The highest BCUT2D eigenvalue weighted by atomic mass is 35.5. The van der Waals surface area contributed by atoms with Crippen LogP contribution in [0.1, 0.15) is 29.9 Å². The van der Waals surface area contributed by atoms with Gasteiger partial charge in [-0.05, 0) is 36.1 Å². The molecule has 4 rings (SSSR count). The highest BCUT2D eigenvalue weighted by molar-refractivity contribution is 6.30. The number of nitrogens with one attached hydrogen (secondary N) is 1. The number of carbonyl (C=O) groups is 1. The predicted molar refractivity (Wildman–Crippen MR) is 98.9 cm³/mol. The molecule has 3 aromatic rings. The summed E-state index contributed by atoms with van der Waals surface area (Å²) in [5, 5.41) is 6.90. The Morgan fingerprint density at radius 3 is 2.31 bits per heavy atom. The van der Waals surface area contributed by atoms with Crippen molar-refractivity contribution in [2.75, 3.05) is 0 Å². The van der Waals surface area contributed by atoms with E-state index in [1.54, 1.807) is 36.4 Å². The van der Waals surface area contributed by atoms with E-state index in [0.29, 0.717) is 17.1 Å². The second-order valence-corrected chi connectivity index (χ2v) is 7.33. The van der Waals surface area contributed by atoms with Gasteiger partial charge in [0.25, 0.3) is 0 Å². The average molecular weight is 422 g/mol. The van der Waals surface area contributed by atoms with Gasteiger partial charge in [0, 0.05) is 17.1 Å². The molecule has 1 saturated carbocycles. The molecule has 0 aliphatic heterocycles. The van der Waals surface area contributed by atoms with Gasteiger partial charge in [0.1, 0.15) is 0 Å². The molecule has 5 nitrogen and oxygen atoms in total. The van der Waals surface area contributed by atoms with Gasteiger partial charge in [-0.25, -0.2) is 0 Å². The Morgan fingerprint density at radius 1 is 1.10 bits per heavy atom. The van der Waals surface area contributed by atoms with Crippen molar-refractivity contribution in [3.8, 4) is 11.4 Å². The van der Waals surface area contributed by atoms with E-state index in [4.69, 9.17) is 11.6 Å². The van der Waals surface area contributed by atoms with E-state index in [1.165, 1.54) is 0 Å². The van der Waals surface area contributed by atoms with Crippen molar-refractivity contribution in [2.45, 2.75) is 31.0 Å². The van der Waals surface area contributed by atoms with Crippen LogP contribution in [0.2, 0.25) is 5.02 Å². The number of nitrogens with zero attached hydrogens (tertiary/aromatic N) is 2. The Morgan fingerprint density at radius 2 is 1.76 bits per heavy atom. The van der Waals surface area contributed by atoms with Gasteiger partial charge in [0.15, 0.2) is 0 Å². The molecule has 1 N–H and O–H groups in total. The molecule has 1 heterocycles. The Balaban J connectivity index is 1.40. The molecule has 150 valence electrons. The number of hydrogen-bond donors (Lipinski definition) is 1. The van der Waals surface area contributed by atoms with Gasteiger partial charge >= 0.3 is 12.1 Å². The van der Waals surface area contributed by atoms with E-state index in [2.05, 4.69) is 20.0 Å². The van der Waals surface area contributed by atoms with Gasteiger partial charge in [0.05, 0.1) is 5.41 Å². The highest BCUT2D eigenvalue weighted by Gasteiger charge is 2.51. The first-order valence-electron chi connectivity index (χ1n) is 8.82. The molecule has 1 aliphatic carbocycles. The Bertz CT molecular complexity index is 1030. The average Bonchev–Trinajstić information content (AvgIpc) is 3.34. The van der Waals surface area contributed by atoms with Crippen LogP contribution in [0.3, 0.4) is 0 Å². The van der Waals surface area contributed by atoms with Crippen molar-refractivity contribution in [1.29, 1.82) is 0 Å². The fraction of sp³-hybridized carbons (Fsp3) is 0.250. The van der Waals surface area contributed by atoms with Gasteiger partial charge in [-0.3, -0.25) is 4.79 Å². The third-order valence-corrected chi connectivity index (χ3v) is 5.17. The van der Waals surface area contributed by atoms with E-state index in [-0.39, 0.29) is 11.7 Å². The van der Waals surface area contributed by atoms with Crippen LogP contribution in [0, 0.1) is 0 Å². The number of benzene rings is 2. The first-order chi connectivity index (χ1) is 13.8. The molecule has 0 radical (unpaired) electrons. The van der Waals surface area contributed by atoms with Crippen molar-refractivity contribution in [2.24, 2.45) is 0 Å². The second kappa shape index (κ2) is 7.18. The first-order valence-corrected chi connectivity index (χ1v) is 9.20. The molecule has 0 bridgehead atoms. The summed E-state index contributed by atoms with van der Waals surface area (Å²) in [6.07, 6.45) is -3.13. The molecule has 0 atom stereocenters. The lowest BCUT2D eigenvalue weighted by Gasteiger charge is -2.16. The largest absolute Gasteiger partial charge is 0.471 e. The lowest BCUT2D eigenvalue weighted by Crippen LogP contribution is -2.34. The van der Waals surface area contributed by atoms with Crippen LogP contribution < -0.4 is 5.32 Å². The molecular formula is C20H15ClF3N3O2. The molecule has 29 heavy (non-hydrogen) atoms. The summed E-state index contributed by atoms with van der Waals surface area (Å²) in [5.41, 5.74) is 1.61. The third-order valence-electron chi connectivity index (χ3n) is 4.92. The van der Waals surface area contributed by atoms with Gasteiger partial charge < -0.3 is 9.84 Å². The number of alkyl halides is 3. The van der Waals surface area contributed by atoms with Gasteiger partial charge in [-0.1, -0.05) is 53.2 Å². The van der Waals surface area contributed by atoms with Crippen LogP contribution >= 0.6 is 11.6 Å². The topological polar surface area (TPSA) is 68.0 Å². The van der Waals surface area contributed by atoms with Crippen molar-refractivity contribution in [1.82, 2.24) is 15.5 Å². The number of carbonyl (C=O) groups excluding carboxylic acids is 1. The molecule has 1 amide bonds. The molecule has 1 aromatic heterocycles. The number of aromatic nitrogens is 2. The van der Waals surface area contributed by atoms with Crippen LogP contribution in [0.25, 0.3) is 11.4 Å². The van der Waals surface area contributed by atoms with E-state index in [0.717, 1.165) is 24.0 Å². The number of halogens is 4. The zero-order valence-electron chi connectivity index (χ0n) is 15.0. The van der Waals surface area contributed by atoms with E-state index >= 15 is 0 Å². The first kappa shape index (κ1) is 19.4. The van der Waals surface area contributed by atoms with E-state index in [9.17, 15) is 18.0 Å². The lowest BCUT2D eigenvalue weighted by molar-refractivity contribution is -0.159. The fourth-order valence-corrected chi connectivity index (χ4v) is 3.25. The van der Waals surface area contributed by atoms with Gasteiger partial charge in [-0.15, -0.1) is 0 Å². The summed E-state index contributed by atoms with van der Waals surface area (Å²) >= 11 is 5.91. The van der Waals surface area contributed by atoms with Crippen molar-refractivity contribution < 1.29 is 22.5 Å². The lowest BCUT2D eigenvalue weighted by atomic mass is 9.95. The smallest absolute Gasteiger partial charge is 0.351 e. The van der Waals surface area contributed by atoms with Gasteiger partial charge in [-0.2, -0.15) is 18.2 Å². The maximum Gasteiger partial charge on any atom is 0.471 e. The van der Waals surface area contributed by atoms with Crippen molar-refractivity contribution in [3.63, 3.8) is 0 Å². The molecule has 0 unspecified atom stereocenters. The molecule has 0 spiro atoms. The zero-order chi connectivity index (χ0) is 20.6. The van der Waals surface area contributed by atoms with E-state index < -0.39 is 17.5 Å². The summed E-state index contributed by atoms with van der Waals surface area (Å²) in [5.74, 6) is -1.59. The van der Waals surface area contributed by atoms with Crippen LogP contribution in [0.4, 0.5) is 13.2 Å². The molecular weight excluding hydrogens is 407 g/mol. The van der Waals surface area contributed by atoms with Crippen LogP contribution in [-0.2, 0) is 22.9 Å². The molecule has 1 fully saturated rings. The number of hydrogen-bond acceptors (Lipinski definition) is 4. The Hall–Kier alpha value is -2.87. The number of rotatable bonds is 5. The predicted octanol–water partition coefficient (Wildman–Crippen LogP) is 4.76.